The molecule has 1 saturated heterocycles. The number of hydrogen-bond acceptors (Lipinski definition) is 4. The molecule has 1 aromatic carbocycles. The summed E-state index contributed by atoms with van der Waals surface area (Å²) in [6, 6.07) is 5.21. The van der Waals surface area contributed by atoms with Gasteiger partial charge in [-0.2, -0.15) is 0 Å². The number of carbonyl (C=O) groups excluding carboxylic acids is 2. The molecule has 2 amide bonds. The molecule has 23 heavy (non-hydrogen) atoms. The number of sulfone groups is 1. The zero-order valence-corrected chi connectivity index (χ0v) is 13.6. The molecule has 1 heterocycles. The molecular formula is C15H19FN2O4S. The summed E-state index contributed by atoms with van der Waals surface area (Å²) < 4.78 is 36.0. The van der Waals surface area contributed by atoms with Crippen LogP contribution in [0.5, 0.6) is 0 Å². The maximum absolute atomic E-state index is 13.3. The van der Waals surface area contributed by atoms with E-state index in [1.54, 1.807) is 6.07 Å². The first kappa shape index (κ1) is 17.4. The van der Waals surface area contributed by atoms with E-state index in [-0.39, 0.29) is 42.3 Å². The lowest BCUT2D eigenvalue weighted by Gasteiger charge is -2.21. The predicted molar refractivity (Wildman–Crippen MR) is 84.2 cm³/mol. The Morgan fingerprint density at radius 3 is 2.70 bits per heavy atom. The van der Waals surface area contributed by atoms with Crippen molar-refractivity contribution in [2.24, 2.45) is 0 Å². The molecule has 0 radical (unpaired) electrons. The minimum Gasteiger partial charge on any atom is -0.352 e. The van der Waals surface area contributed by atoms with Gasteiger partial charge in [0.1, 0.15) is 5.82 Å². The number of amides is 2. The second-order valence-electron chi connectivity index (χ2n) is 5.57. The maximum Gasteiger partial charge on any atom is 0.223 e. The molecule has 126 valence electrons. The average molecular weight is 342 g/mol. The van der Waals surface area contributed by atoms with Crippen LogP contribution in [0, 0.1) is 5.82 Å². The van der Waals surface area contributed by atoms with Crippen LogP contribution in [0.25, 0.3) is 0 Å². The van der Waals surface area contributed by atoms with Gasteiger partial charge in [-0.3, -0.25) is 9.59 Å². The number of rotatable bonds is 5. The molecule has 0 saturated carbocycles. The molecule has 0 spiro atoms. The van der Waals surface area contributed by atoms with Crippen molar-refractivity contribution in [3.63, 3.8) is 0 Å². The zero-order valence-electron chi connectivity index (χ0n) is 12.8. The minimum absolute atomic E-state index is 0.0205. The number of carbonyl (C=O) groups is 2. The Bertz CT molecular complexity index is 705. The van der Waals surface area contributed by atoms with Gasteiger partial charge in [0.05, 0.1) is 11.5 Å². The van der Waals surface area contributed by atoms with Gasteiger partial charge in [0.15, 0.2) is 9.84 Å². The number of halogens is 1. The van der Waals surface area contributed by atoms with Crippen LogP contribution in [0.3, 0.4) is 0 Å². The number of anilines is 1. The van der Waals surface area contributed by atoms with E-state index < -0.39 is 15.7 Å². The van der Waals surface area contributed by atoms with E-state index in [4.69, 9.17) is 0 Å². The number of nitrogens with one attached hydrogen (secondary N) is 1. The second-order valence-corrected chi connectivity index (χ2v) is 7.80. The van der Waals surface area contributed by atoms with Crippen LogP contribution in [0.15, 0.2) is 24.3 Å². The van der Waals surface area contributed by atoms with Crippen LogP contribution in [0.1, 0.15) is 19.8 Å². The highest BCUT2D eigenvalue weighted by Crippen LogP contribution is 2.16. The molecule has 0 bridgehead atoms. The van der Waals surface area contributed by atoms with Crippen LogP contribution in [0.4, 0.5) is 10.1 Å². The standard InChI is InChI=1S/C15H19FN2O4S/c1-11(19)18(14-4-2-3-12(16)9-14)7-5-15(20)17-13-6-8-23(21,22)10-13/h2-4,9,13H,5-8,10H2,1H3,(H,17,20). The maximum atomic E-state index is 13.3. The average Bonchev–Trinajstić information content (AvgIpc) is 2.77. The van der Waals surface area contributed by atoms with Gasteiger partial charge in [0, 0.05) is 31.6 Å². The van der Waals surface area contributed by atoms with Crippen molar-refractivity contribution < 1.29 is 22.4 Å². The van der Waals surface area contributed by atoms with Crippen LogP contribution in [-0.4, -0.2) is 44.3 Å². The summed E-state index contributed by atoms with van der Waals surface area (Å²) >= 11 is 0. The molecule has 1 aliphatic heterocycles. The summed E-state index contributed by atoms with van der Waals surface area (Å²) in [5.41, 5.74) is 0.383. The largest absolute Gasteiger partial charge is 0.352 e. The summed E-state index contributed by atoms with van der Waals surface area (Å²) in [5.74, 6) is -1.05. The van der Waals surface area contributed by atoms with E-state index in [1.165, 1.54) is 30.0 Å². The summed E-state index contributed by atoms with van der Waals surface area (Å²) in [5, 5.41) is 2.66. The summed E-state index contributed by atoms with van der Waals surface area (Å²) in [6.07, 6.45) is 0.432. The molecular weight excluding hydrogens is 323 g/mol. The van der Waals surface area contributed by atoms with Crippen molar-refractivity contribution in [1.82, 2.24) is 5.32 Å². The van der Waals surface area contributed by atoms with Gasteiger partial charge in [-0.05, 0) is 24.6 Å². The lowest BCUT2D eigenvalue weighted by Crippen LogP contribution is -2.38. The third-order valence-electron chi connectivity index (χ3n) is 3.66. The number of nitrogens with zero attached hydrogens (tertiary/aromatic N) is 1. The van der Waals surface area contributed by atoms with E-state index in [1.807, 2.05) is 0 Å². The summed E-state index contributed by atoms with van der Waals surface area (Å²) in [4.78, 5) is 24.9. The molecule has 1 fully saturated rings. The fourth-order valence-electron chi connectivity index (χ4n) is 2.53. The highest BCUT2D eigenvalue weighted by atomic mass is 32.2. The molecule has 1 atom stereocenters. The lowest BCUT2D eigenvalue weighted by atomic mass is 10.2. The van der Waals surface area contributed by atoms with E-state index >= 15 is 0 Å². The Kier molecular flexibility index (Phi) is 5.35. The smallest absolute Gasteiger partial charge is 0.223 e. The molecule has 2 rings (SSSR count). The monoisotopic (exact) mass is 342 g/mol. The zero-order chi connectivity index (χ0) is 17.0. The Labute approximate surface area is 134 Å². The van der Waals surface area contributed by atoms with Gasteiger partial charge in [0.25, 0.3) is 0 Å². The van der Waals surface area contributed by atoms with Crippen molar-refractivity contribution in [1.29, 1.82) is 0 Å². The molecule has 6 nitrogen and oxygen atoms in total. The first-order chi connectivity index (χ1) is 10.8. The van der Waals surface area contributed by atoms with Crippen LogP contribution < -0.4 is 10.2 Å². The van der Waals surface area contributed by atoms with Gasteiger partial charge in [-0.15, -0.1) is 0 Å². The highest BCUT2D eigenvalue weighted by Gasteiger charge is 2.28. The highest BCUT2D eigenvalue weighted by molar-refractivity contribution is 7.91. The molecule has 1 N–H and O–H groups in total. The van der Waals surface area contributed by atoms with Crippen LogP contribution >= 0.6 is 0 Å². The topological polar surface area (TPSA) is 83.6 Å². The van der Waals surface area contributed by atoms with Gasteiger partial charge >= 0.3 is 0 Å². The van der Waals surface area contributed by atoms with Crippen molar-refractivity contribution >= 4 is 27.3 Å². The quantitative estimate of drug-likeness (QED) is 0.861. The Balaban J connectivity index is 1.92. The summed E-state index contributed by atoms with van der Waals surface area (Å²) in [7, 11) is -3.05. The van der Waals surface area contributed by atoms with Gasteiger partial charge in [-0.25, -0.2) is 12.8 Å². The predicted octanol–water partition coefficient (Wildman–Crippen LogP) is 0.872. The molecule has 0 aromatic heterocycles. The van der Waals surface area contributed by atoms with Gasteiger partial charge < -0.3 is 10.2 Å². The van der Waals surface area contributed by atoms with Crippen molar-refractivity contribution in [2.45, 2.75) is 25.8 Å². The SMILES string of the molecule is CC(=O)N(CCC(=O)NC1CCS(=O)(=O)C1)c1cccc(F)c1. The first-order valence-corrected chi connectivity index (χ1v) is 9.12. The molecule has 1 aromatic rings. The van der Waals surface area contributed by atoms with Gasteiger partial charge in [0.2, 0.25) is 11.8 Å². The Morgan fingerprint density at radius 1 is 1.39 bits per heavy atom. The van der Waals surface area contributed by atoms with E-state index in [0.717, 1.165) is 0 Å². The van der Waals surface area contributed by atoms with Crippen molar-refractivity contribution in [2.75, 3.05) is 23.0 Å². The fraction of sp³-hybridized carbons (Fsp3) is 0.467. The van der Waals surface area contributed by atoms with Gasteiger partial charge in [-0.1, -0.05) is 6.07 Å². The number of hydrogen-bond donors (Lipinski definition) is 1. The molecule has 1 unspecified atom stereocenters. The Hall–Kier alpha value is -1.96. The molecule has 8 heteroatoms. The van der Waals surface area contributed by atoms with Crippen molar-refractivity contribution in [3.8, 4) is 0 Å². The second kappa shape index (κ2) is 7.08. The number of benzene rings is 1. The van der Waals surface area contributed by atoms with E-state index in [9.17, 15) is 22.4 Å². The first-order valence-electron chi connectivity index (χ1n) is 7.30. The van der Waals surface area contributed by atoms with Crippen LogP contribution in [0.2, 0.25) is 0 Å². The third kappa shape index (κ3) is 5.02. The molecule has 0 aliphatic carbocycles. The Morgan fingerprint density at radius 2 is 2.13 bits per heavy atom. The lowest BCUT2D eigenvalue weighted by molar-refractivity contribution is -0.121. The summed E-state index contributed by atoms with van der Waals surface area (Å²) in [6.45, 7) is 1.44. The van der Waals surface area contributed by atoms with E-state index in [0.29, 0.717) is 12.1 Å². The fourth-order valence-corrected chi connectivity index (χ4v) is 4.21. The van der Waals surface area contributed by atoms with E-state index in [2.05, 4.69) is 5.32 Å². The van der Waals surface area contributed by atoms with Crippen molar-refractivity contribution in [3.05, 3.63) is 30.1 Å². The normalized spacial score (nSPS) is 19.3. The van der Waals surface area contributed by atoms with Crippen LogP contribution in [-0.2, 0) is 19.4 Å². The minimum atomic E-state index is -3.05. The third-order valence-corrected chi connectivity index (χ3v) is 5.43. The molecule has 1 aliphatic rings.